The van der Waals surface area contributed by atoms with E-state index < -0.39 is 17.2 Å². The fourth-order valence-corrected chi connectivity index (χ4v) is 2.92. The first-order valence-electron chi connectivity index (χ1n) is 7.03. The van der Waals surface area contributed by atoms with Crippen LogP contribution in [0.4, 0.5) is 0 Å². The van der Waals surface area contributed by atoms with Crippen LogP contribution >= 0.6 is 11.8 Å². The average Bonchev–Trinajstić information content (AvgIpc) is 2.47. The number of carboxylic acids is 1. The van der Waals surface area contributed by atoms with Gasteiger partial charge in [0.05, 0.1) is 5.75 Å². The predicted octanol–water partition coefficient (Wildman–Crippen LogP) is 0.402. The summed E-state index contributed by atoms with van der Waals surface area (Å²) in [5, 5.41) is 9.35. The summed E-state index contributed by atoms with van der Waals surface area (Å²) in [5.41, 5.74) is -0.769. The Morgan fingerprint density at radius 1 is 1.22 bits per heavy atom. The van der Waals surface area contributed by atoms with E-state index in [0.29, 0.717) is 17.3 Å². The molecule has 0 spiro atoms. The van der Waals surface area contributed by atoms with Gasteiger partial charge < -0.3 is 5.11 Å². The summed E-state index contributed by atoms with van der Waals surface area (Å²) in [7, 11) is 2.90. The van der Waals surface area contributed by atoms with Gasteiger partial charge in [0.2, 0.25) is 0 Å². The van der Waals surface area contributed by atoms with Gasteiger partial charge in [-0.2, -0.15) is 0 Å². The van der Waals surface area contributed by atoms with E-state index in [1.54, 1.807) is 0 Å². The fraction of sp³-hybridized carbons (Fsp3) is 0.500. The van der Waals surface area contributed by atoms with Crippen molar-refractivity contribution < 1.29 is 9.90 Å². The summed E-state index contributed by atoms with van der Waals surface area (Å²) in [5.74, 6) is -0.454. The number of carbonyl (C=O) groups is 1. The first kappa shape index (κ1) is 17.2. The molecule has 8 nitrogen and oxygen atoms in total. The first-order chi connectivity index (χ1) is 10.7. The lowest BCUT2D eigenvalue weighted by Crippen LogP contribution is -2.38. The molecule has 2 aromatic heterocycles. The largest absolute Gasteiger partial charge is 0.481 e. The van der Waals surface area contributed by atoms with Gasteiger partial charge >= 0.3 is 11.7 Å². The van der Waals surface area contributed by atoms with Crippen molar-refractivity contribution in [2.75, 3.05) is 5.75 Å². The highest BCUT2D eigenvalue weighted by molar-refractivity contribution is 8.00. The minimum absolute atomic E-state index is 0.174. The Balaban J connectivity index is 2.80. The number of hydrogen-bond acceptors (Lipinski definition) is 6. The Hall–Kier alpha value is -2.16. The SMILES string of the molecule is CC(C)Cc1nc(SCC(=O)O)c2c(=O)n(C)c(=O)n(C)c2n1. The highest BCUT2D eigenvalue weighted by Gasteiger charge is 2.18. The molecular weight excluding hydrogens is 320 g/mol. The zero-order valence-electron chi connectivity index (χ0n) is 13.4. The maximum Gasteiger partial charge on any atom is 0.332 e. The van der Waals surface area contributed by atoms with E-state index >= 15 is 0 Å². The zero-order valence-corrected chi connectivity index (χ0v) is 14.2. The summed E-state index contributed by atoms with van der Waals surface area (Å²) in [6.07, 6.45) is 0.569. The second-order valence-electron chi connectivity index (χ2n) is 5.63. The molecule has 0 amide bonds. The van der Waals surface area contributed by atoms with E-state index in [4.69, 9.17) is 5.11 Å². The van der Waals surface area contributed by atoms with Gasteiger partial charge in [0, 0.05) is 20.5 Å². The van der Waals surface area contributed by atoms with Crippen molar-refractivity contribution in [3.05, 3.63) is 26.7 Å². The van der Waals surface area contributed by atoms with E-state index in [9.17, 15) is 14.4 Å². The van der Waals surface area contributed by atoms with E-state index in [1.165, 1.54) is 18.7 Å². The van der Waals surface area contributed by atoms with Crippen LogP contribution in [0.15, 0.2) is 14.6 Å². The molecule has 23 heavy (non-hydrogen) atoms. The monoisotopic (exact) mass is 338 g/mol. The smallest absolute Gasteiger partial charge is 0.332 e. The molecule has 2 rings (SSSR count). The molecule has 2 heterocycles. The van der Waals surface area contributed by atoms with Crippen molar-refractivity contribution in [1.29, 1.82) is 0 Å². The third kappa shape index (κ3) is 3.44. The number of hydrogen-bond donors (Lipinski definition) is 1. The van der Waals surface area contributed by atoms with E-state index in [1.807, 2.05) is 13.8 Å². The molecule has 0 fully saturated rings. The molecule has 1 N–H and O–H groups in total. The number of rotatable bonds is 5. The summed E-state index contributed by atoms with van der Waals surface area (Å²) < 4.78 is 2.26. The summed E-state index contributed by atoms with van der Waals surface area (Å²) >= 11 is 0.957. The Morgan fingerprint density at radius 2 is 1.87 bits per heavy atom. The Kier molecular flexibility index (Phi) is 4.88. The maximum atomic E-state index is 12.4. The molecule has 2 aromatic rings. The van der Waals surface area contributed by atoms with Gasteiger partial charge in [-0.1, -0.05) is 25.6 Å². The van der Waals surface area contributed by atoms with Crippen LogP contribution < -0.4 is 11.2 Å². The summed E-state index contributed by atoms with van der Waals surface area (Å²) in [6, 6.07) is 0. The van der Waals surface area contributed by atoms with Crippen LogP contribution in [0, 0.1) is 5.92 Å². The minimum atomic E-state index is -1.01. The Labute approximate surface area is 136 Å². The van der Waals surface area contributed by atoms with Crippen LogP contribution in [0.2, 0.25) is 0 Å². The number of nitrogens with zero attached hydrogens (tertiary/aromatic N) is 4. The molecule has 0 bridgehead atoms. The number of carboxylic acid groups (broad SMARTS) is 1. The van der Waals surface area contributed by atoms with Crippen LogP contribution in [0.1, 0.15) is 19.7 Å². The molecule has 0 atom stereocenters. The predicted molar refractivity (Wildman–Crippen MR) is 86.9 cm³/mol. The molecule has 0 unspecified atom stereocenters. The number of aliphatic carboxylic acids is 1. The fourth-order valence-electron chi connectivity index (χ4n) is 2.16. The normalized spacial score (nSPS) is 11.3. The molecule has 0 radical (unpaired) electrons. The van der Waals surface area contributed by atoms with E-state index in [2.05, 4.69) is 9.97 Å². The van der Waals surface area contributed by atoms with Gasteiger partial charge in [0.25, 0.3) is 5.56 Å². The third-order valence-electron chi connectivity index (χ3n) is 3.24. The summed E-state index contributed by atoms with van der Waals surface area (Å²) in [6.45, 7) is 4.00. The van der Waals surface area contributed by atoms with Crippen molar-refractivity contribution in [2.45, 2.75) is 25.3 Å². The lowest BCUT2D eigenvalue weighted by Gasteiger charge is -2.12. The van der Waals surface area contributed by atoms with Gasteiger partial charge in [0.1, 0.15) is 16.2 Å². The highest BCUT2D eigenvalue weighted by atomic mass is 32.2. The zero-order chi connectivity index (χ0) is 17.3. The van der Waals surface area contributed by atoms with Gasteiger partial charge in [-0.05, 0) is 5.92 Å². The molecule has 0 saturated heterocycles. The Morgan fingerprint density at radius 3 is 2.43 bits per heavy atom. The van der Waals surface area contributed by atoms with Gasteiger partial charge in [-0.3, -0.25) is 18.7 Å². The molecule has 0 saturated carbocycles. The lowest BCUT2D eigenvalue weighted by atomic mass is 10.1. The molecule has 0 aliphatic carbocycles. The van der Waals surface area contributed by atoms with Crippen LogP contribution in [0.3, 0.4) is 0 Å². The average molecular weight is 338 g/mol. The molecule has 0 aromatic carbocycles. The number of thioether (sulfide) groups is 1. The van der Waals surface area contributed by atoms with Crippen LogP contribution in [-0.4, -0.2) is 35.9 Å². The van der Waals surface area contributed by atoms with E-state index in [-0.39, 0.29) is 22.7 Å². The highest BCUT2D eigenvalue weighted by Crippen LogP contribution is 2.22. The second-order valence-corrected chi connectivity index (χ2v) is 6.59. The quantitative estimate of drug-likeness (QED) is 0.621. The number of aromatic nitrogens is 4. The molecular formula is C14H18N4O4S. The van der Waals surface area contributed by atoms with Crippen LogP contribution in [0.25, 0.3) is 11.0 Å². The molecule has 9 heteroatoms. The molecule has 0 aliphatic rings. The van der Waals surface area contributed by atoms with Gasteiger partial charge in [-0.15, -0.1) is 0 Å². The topological polar surface area (TPSA) is 107 Å². The summed E-state index contributed by atoms with van der Waals surface area (Å²) in [4.78, 5) is 44.0. The van der Waals surface area contributed by atoms with Crippen molar-refractivity contribution >= 4 is 28.8 Å². The first-order valence-corrected chi connectivity index (χ1v) is 8.02. The molecule has 124 valence electrons. The Bertz CT molecular complexity index is 885. The maximum absolute atomic E-state index is 12.4. The lowest BCUT2D eigenvalue weighted by molar-refractivity contribution is -0.133. The molecule has 0 aliphatic heterocycles. The van der Waals surface area contributed by atoms with Crippen molar-refractivity contribution in [1.82, 2.24) is 19.1 Å². The third-order valence-corrected chi connectivity index (χ3v) is 4.20. The van der Waals surface area contributed by atoms with E-state index in [0.717, 1.165) is 16.3 Å². The number of aryl methyl sites for hydroxylation is 1. The van der Waals surface area contributed by atoms with Crippen LogP contribution in [0.5, 0.6) is 0 Å². The van der Waals surface area contributed by atoms with Crippen LogP contribution in [-0.2, 0) is 25.3 Å². The number of fused-ring (bicyclic) bond motifs is 1. The van der Waals surface area contributed by atoms with Gasteiger partial charge in [-0.25, -0.2) is 14.8 Å². The van der Waals surface area contributed by atoms with Crippen molar-refractivity contribution in [3.63, 3.8) is 0 Å². The van der Waals surface area contributed by atoms with Crippen molar-refractivity contribution in [2.24, 2.45) is 20.0 Å². The standard InChI is InChI=1S/C14H18N4O4S/c1-7(2)5-8-15-11-10(12(16-8)23-6-9(19)20)13(21)18(4)14(22)17(11)3/h7H,5-6H2,1-4H3,(H,19,20). The minimum Gasteiger partial charge on any atom is -0.481 e. The van der Waals surface area contributed by atoms with Crippen molar-refractivity contribution in [3.8, 4) is 0 Å². The van der Waals surface area contributed by atoms with Gasteiger partial charge in [0.15, 0.2) is 5.65 Å². The second kappa shape index (κ2) is 6.53.